The maximum Gasteiger partial charge on any atom is 0.230 e. The predicted molar refractivity (Wildman–Crippen MR) is 135 cm³/mol. The molecule has 0 spiro atoms. The second-order valence-electron chi connectivity index (χ2n) is 9.56. The lowest BCUT2D eigenvalue weighted by molar-refractivity contribution is -0.123. The van der Waals surface area contributed by atoms with Crippen LogP contribution in [0.25, 0.3) is 11.3 Å². The number of hydrogen-bond donors (Lipinski definition) is 1. The van der Waals surface area contributed by atoms with Crippen molar-refractivity contribution in [1.29, 1.82) is 0 Å². The Bertz CT molecular complexity index is 1160. The fourth-order valence-corrected chi connectivity index (χ4v) is 5.30. The van der Waals surface area contributed by atoms with E-state index in [1.807, 2.05) is 30.0 Å². The first-order valence-corrected chi connectivity index (χ1v) is 12.3. The van der Waals surface area contributed by atoms with Gasteiger partial charge in [0.15, 0.2) is 0 Å². The average Bonchev–Trinajstić information content (AvgIpc) is 3.13. The van der Waals surface area contributed by atoms with Gasteiger partial charge in [-0.2, -0.15) is 0 Å². The van der Waals surface area contributed by atoms with Gasteiger partial charge >= 0.3 is 0 Å². The number of halogens is 1. The van der Waals surface area contributed by atoms with Crippen LogP contribution < -0.4 is 9.80 Å². The summed E-state index contributed by atoms with van der Waals surface area (Å²) in [6.45, 7) is 8.85. The molecule has 2 aliphatic heterocycles. The highest BCUT2D eigenvalue weighted by atomic mass is 35.5. The van der Waals surface area contributed by atoms with Gasteiger partial charge in [-0.05, 0) is 61.6 Å². The van der Waals surface area contributed by atoms with Gasteiger partial charge in [0.1, 0.15) is 5.82 Å². The highest BCUT2D eigenvalue weighted by molar-refractivity contribution is 6.31. The molecule has 0 aliphatic carbocycles. The molecule has 1 amide bonds. The van der Waals surface area contributed by atoms with Crippen molar-refractivity contribution in [3.8, 4) is 11.3 Å². The summed E-state index contributed by atoms with van der Waals surface area (Å²) < 4.78 is 0. The molecule has 1 aromatic heterocycles. The highest BCUT2D eigenvalue weighted by Gasteiger charge is 2.33. The van der Waals surface area contributed by atoms with E-state index in [2.05, 4.69) is 48.0 Å². The van der Waals surface area contributed by atoms with Crippen LogP contribution in [0, 0.1) is 12.8 Å². The van der Waals surface area contributed by atoms with E-state index in [0.29, 0.717) is 17.5 Å². The number of benzene rings is 2. The molecular weight excluding hydrogens is 432 g/mol. The fraction of sp³-hybridized carbons (Fsp3) is 0.407. The first-order chi connectivity index (χ1) is 15.9. The number of carbonyl (C=O) groups excluding carboxylic acids is 1. The van der Waals surface area contributed by atoms with Gasteiger partial charge in [0.05, 0.1) is 11.4 Å². The third-order valence-corrected chi connectivity index (χ3v) is 7.26. The molecule has 3 heterocycles. The molecule has 2 aliphatic rings. The zero-order valence-corrected chi connectivity index (χ0v) is 20.3. The molecule has 5 nitrogen and oxygen atoms in total. The molecule has 2 aromatic carbocycles. The first-order valence-electron chi connectivity index (χ1n) is 11.9. The summed E-state index contributed by atoms with van der Waals surface area (Å²) in [5.41, 5.74) is 6.46. The zero-order valence-electron chi connectivity index (χ0n) is 19.6. The van der Waals surface area contributed by atoms with Crippen LogP contribution in [-0.4, -0.2) is 35.5 Å². The summed E-state index contributed by atoms with van der Waals surface area (Å²) in [4.78, 5) is 26.1. The molecule has 0 radical (unpaired) electrons. The van der Waals surface area contributed by atoms with Crippen molar-refractivity contribution in [3.63, 3.8) is 0 Å². The molecule has 1 saturated heterocycles. The van der Waals surface area contributed by atoms with Crippen LogP contribution in [0.4, 0.5) is 11.4 Å². The van der Waals surface area contributed by atoms with Crippen LogP contribution in [0.15, 0.2) is 42.5 Å². The number of H-pyrrole nitrogens is 1. The van der Waals surface area contributed by atoms with Crippen molar-refractivity contribution >= 4 is 28.9 Å². The molecule has 0 atom stereocenters. The maximum absolute atomic E-state index is 13.7. The number of aromatic amines is 1. The van der Waals surface area contributed by atoms with Crippen molar-refractivity contribution in [2.45, 2.75) is 46.0 Å². The number of rotatable bonds is 3. The minimum Gasteiger partial charge on any atom is -0.371 e. The van der Waals surface area contributed by atoms with Gasteiger partial charge in [-0.25, -0.2) is 4.98 Å². The van der Waals surface area contributed by atoms with Crippen molar-refractivity contribution in [2.24, 2.45) is 5.92 Å². The van der Waals surface area contributed by atoms with Crippen LogP contribution in [0.5, 0.6) is 0 Å². The van der Waals surface area contributed by atoms with Crippen LogP contribution in [-0.2, 0) is 11.2 Å². The third-order valence-electron chi connectivity index (χ3n) is 7.02. The molecule has 0 unspecified atom stereocenters. The lowest BCUT2D eigenvalue weighted by Gasteiger charge is -2.35. The van der Waals surface area contributed by atoms with E-state index in [9.17, 15) is 4.79 Å². The number of carbonyl (C=O) groups is 1. The predicted octanol–water partition coefficient (Wildman–Crippen LogP) is 5.97. The van der Waals surface area contributed by atoms with Crippen LogP contribution in [0.1, 0.15) is 49.7 Å². The van der Waals surface area contributed by atoms with Gasteiger partial charge in [0, 0.05) is 53.9 Å². The molecule has 0 bridgehead atoms. The Hall–Kier alpha value is -2.79. The molecule has 0 saturated carbocycles. The number of imidazole rings is 1. The van der Waals surface area contributed by atoms with Gasteiger partial charge in [-0.15, -0.1) is 0 Å². The molecule has 33 heavy (non-hydrogen) atoms. The molecule has 172 valence electrons. The number of anilines is 2. The monoisotopic (exact) mass is 462 g/mol. The number of amides is 1. The van der Waals surface area contributed by atoms with Gasteiger partial charge < -0.3 is 14.8 Å². The van der Waals surface area contributed by atoms with Crippen molar-refractivity contribution < 1.29 is 4.79 Å². The molecule has 1 N–H and O–H groups in total. The van der Waals surface area contributed by atoms with E-state index in [0.717, 1.165) is 60.8 Å². The van der Waals surface area contributed by atoms with E-state index in [-0.39, 0.29) is 11.8 Å². The number of aryl methyl sites for hydroxylation is 1. The SMILES string of the molecule is Cc1nc2c([nH]1)CCN(C(=O)C1CCN(c3ccc(C(C)C)cc3)CC1)c1ccc(Cl)cc1-2. The molecule has 6 heteroatoms. The Morgan fingerprint density at radius 2 is 1.82 bits per heavy atom. The van der Waals surface area contributed by atoms with Crippen molar-refractivity contribution in [2.75, 3.05) is 29.4 Å². The fourth-order valence-electron chi connectivity index (χ4n) is 5.13. The van der Waals surface area contributed by atoms with Crippen LogP contribution >= 0.6 is 11.6 Å². The van der Waals surface area contributed by atoms with E-state index < -0.39 is 0 Å². The molecule has 3 aromatic rings. The topological polar surface area (TPSA) is 52.2 Å². The Kier molecular flexibility index (Phi) is 5.92. The Morgan fingerprint density at radius 1 is 1.09 bits per heavy atom. The Morgan fingerprint density at radius 3 is 2.52 bits per heavy atom. The smallest absolute Gasteiger partial charge is 0.230 e. The van der Waals surface area contributed by atoms with Gasteiger partial charge in [0.2, 0.25) is 5.91 Å². The summed E-state index contributed by atoms with van der Waals surface area (Å²) in [7, 11) is 0. The summed E-state index contributed by atoms with van der Waals surface area (Å²) in [5.74, 6) is 1.68. The summed E-state index contributed by atoms with van der Waals surface area (Å²) >= 11 is 6.33. The van der Waals surface area contributed by atoms with Gasteiger partial charge in [-0.1, -0.05) is 37.6 Å². The summed E-state index contributed by atoms with van der Waals surface area (Å²) in [5, 5.41) is 0.659. The van der Waals surface area contributed by atoms with Crippen LogP contribution in [0.2, 0.25) is 5.02 Å². The molecule has 1 fully saturated rings. The summed E-state index contributed by atoms with van der Waals surface area (Å²) in [6, 6.07) is 14.7. The lowest BCUT2D eigenvalue weighted by atomic mass is 9.94. The van der Waals surface area contributed by atoms with E-state index in [1.54, 1.807) is 0 Å². The largest absolute Gasteiger partial charge is 0.371 e. The van der Waals surface area contributed by atoms with Crippen molar-refractivity contribution in [1.82, 2.24) is 9.97 Å². The van der Waals surface area contributed by atoms with E-state index >= 15 is 0 Å². The number of nitrogens with zero attached hydrogens (tertiary/aromatic N) is 3. The number of nitrogens with one attached hydrogen (secondary N) is 1. The minimum atomic E-state index is 0.0332. The van der Waals surface area contributed by atoms with Gasteiger partial charge in [-0.3, -0.25) is 4.79 Å². The number of aromatic nitrogens is 2. The first kappa shape index (κ1) is 22.0. The quantitative estimate of drug-likeness (QED) is 0.521. The molecule has 5 rings (SSSR count). The lowest BCUT2D eigenvalue weighted by Crippen LogP contribution is -2.43. The Labute approximate surface area is 200 Å². The average molecular weight is 463 g/mol. The number of hydrogen-bond acceptors (Lipinski definition) is 3. The van der Waals surface area contributed by atoms with Gasteiger partial charge in [0.25, 0.3) is 0 Å². The second kappa shape index (κ2) is 8.86. The van der Waals surface area contributed by atoms with Crippen LogP contribution in [0.3, 0.4) is 0 Å². The maximum atomic E-state index is 13.7. The minimum absolute atomic E-state index is 0.0332. The third kappa shape index (κ3) is 4.26. The number of piperidine rings is 1. The number of fused-ring (bicyclic) bond motifs is 3. The van der Waals surface area contributed by atoms with Crippen molar-refractivity contribution in [3.05, 3.63) is 64.6 Å². The zero-order chi connectivity index (χ0) is 23.1. The molecular formula is C27H31ClN4O. The summed E-state index contributed by atoms with van der Waals surface area (Å²) in [6.07, 6.45) is 2.49. The standard InChI is InChI=1S/C27H31ClN4O/c1-17(2)19-4-7-22(8-5-19)31-13-10-20(11-14-31)27(33)32-15-12-24-26(30-18(3)29-24)23-16-21(28)6-9-25(23)32/h4-9,16-17,20H,10-15H2,1-3H3,(H,29,30). The second-order valence-corrected chi connectivity index (χ2v) is 9.99. The van der Waals surface area contributed by atoms with E-state index in [1.165, 1.54) is 11.3 Å². The highest BCUT2D eigenvalue weighted by Crippen LogP contribution is 2.38. The van der Waals surface area contributed by atoms with E-state index in [4.69, 9.17) is 16.6 Å². The normalized spacial score (nSPS) is 16.5. The Balaban J connectivity index is 1.33.